The molecule has 0 unspecified atom stereocenters. The molecule has 196 valence electrons. The normalized spacial score (nSPS) is 11.2. The van der Waals surface area contributed by atoms with E-state index in [1.54, 1.807) is 27.4 Å². The third kappa shape index (κ3) is 4.88. The smallest absolute Gasteiger partial charge is 0.338 e. The summed E-state index contributed by atoms with van der Waals surface area (Å²) in [6.07, 6.45) is 3.34. The first-order valence-corrected chi connectivity index (χ1v) is 12.5. The molecule has 8 nitrogen and oxygen atoms in total. The van der Waals surface area contributed by atoms with Crippen LogP contribution in [0.2, 0.25) is 0 Å². The molecule has 1 aromatic carbocycles. The average molecular weight is 508 g/mol. The predicted octanol–water partition coefficient (Wildman–Crippen LogP) is 6.37. The van der Waals surface area contributed by atoms with E-state index in [4.69, 9.17) is 23.7 Å². The number of hydrogen-bond acceptors (Lipinski definition) is 7. The van der Waals surface area contributed by atoms with Crippen LogP contribution in [-0.2, 0) is 9.47 Å². The number of hydrogen-bond donors (Lipinski definition) is 1. The second kappa shape index (κ2) is 11.4. The fraction of sp³-hybridized carbons (Fsp3) is 0.379. The number of fused-ring (bicyclic) bond motifs is 4. The first-order valence-electron chi connectivity index (χ1n) is 12.5. The number of aromatic amines is 1. The number of esters is 2. The molecule has 4 rings (SSSR count). The van der Waals surface area contributed by atoms with E-state index in [0.717, 1.165) is 47.5 Å². The standard InChI is InChI=1S/C29H33NO7/c1-6-8-12-36-28(31)19-15-20(29(32)37-13-9-7-2)18-14-21-22(11-10-17(18)19)30-23-16-24(33-3)26(34-4)27(35-5)25(21)23/h10-11,14-16,30H,6-9,12-13H2,1-5H3. The van der Waals surface area contributed by atoms with Gasteiger partial charge in [0, 0.05) is 17.0 Å². The SMILES string of the molecule is CCCCOC(=O)c1cc(C(=O)OCCCC)c2cc3c(ccc1-2)[nH]c1cc(OC)c(OC)c(OC)c13. The van der Waals surface area contributed by atoms with Gasteiger partial charge in [0.2, 0.25) is 5.75 Å². The Bertz CT molecular complexity index is 1410. The van der Waals surface area contributed by atoms with Crippen molar-refractivity contribution >= 4 is 33.7 Å². The Kier molecular flexibility index (Phi) is 8.06. The molecule has 0 fully saturated rings. The summed E-state index contributed by atoms with van der Waals surface area (Å²) in [6, 6.07) is 9.01. The molecular weight excluding hydrogens is 474 g/mol. The van der Waals surface area contributed by atoms with Gasteiger partial charge in [-0.2, -0.15) is 0 Å². The van der Waals surface area contributed by atoms with Crippen LogP contribution in [-0.4, -0.2) is 51.5 Å². The van der Waals surface area contributed by atoms with E-state index >= 15 is 0 Å². The highest BCUT2D eigenvalue weighted by molar-refractivity contribution is 6.15. The monoisotopic (exact) mass is 507 g/mol. The van der Waals surface area contributed by atoms with E-state index in [1.807, 2.05) is 38.1 Å². The van der Waals surface area contributed by atoms with Gasteiger partial charge >= 0.3 is 11.9 Å². The Morgan fingerprint density at radius 1 is 0.730 bits per heavy atom. The molecule has 37 heavy (non-hydrogen) atoms. The lowest BCUT2D eigenvalue weighted by Gasteiger charge is -2.13. The first-order chi connectivity index (χ1) is 18.0. The van der Waals surface area contributed by atoms with Gasteiger partial charge in [0.05, 0.1) is 56.6 Å². The van der Waals surface area contributed by atoms with Gasteiger partial charge < -0.3 is 28.7 Å². The van der Waals surface area contributed by atoms with Gasteiger partial charge in [-0.1, -0.05) is 32.8 Å². The summed E-state index contributed by atoms with van der Waals surface area (Å²) in [7, 11) is 4.69. The van der Waals surface area contributed by atoms with Crippen molar-refractivity contribution in [2.45, 2.75) is 39.5 Å². The Morgan fingerprint density at radius 3 is 1.92 bits per heavy atom. The van der Waals surface area contributed by atoms with E-state index < -0.39 is 11.9 Å². The largest absolute Gasteiger partial charge is 0.493 e. The molecule has 2 aliphatic carbocycles. The van der Waals surface area contributed by atoms with Gasteiger partial charge in [-0.15, -0.1) is 0 Å². The number of carbonyl (C=O) groups excluding carboxylic acids is 2. The minimum absolute atomic E-state index is 0.310. The fourth-order valence-corrected chi connectivity index (χ4v) is 4.50. The van der Waals surface area contributed by atoms with Crippen LogP contribution in [0.4, 0.5) is 0 Å². The van der Waals surface area contributed by atoms with Crippen LogP contribution < -0.4 is 14.2 Å². The van der Waals surface area contributed by atoms with E-state index in [9.17, 15) is 9.59 Å². The molecule has 0 aliphatic heterocycles. The molecule has 0 spiro atoms. The fourth-order valence-electron chi connectivity index (χ4n) is 4.50. The number of benzene rings is 1. The number of carbonyl (C=O) groups is 2. The molecule has 0 atom stereocenters. The Labute approximate surface area is 216 Å². The van der Waals surface area contributed by atoms with Gasteiger partial charge in [0.25, 0.3) is 0 Å². The molecule has 2 aromatic rings. The lowest BCUT2D eigenvalue weighted by atomic mass is 10.1. The van der Waals surface area contributed by atoms with Crippen molar-refractivity contribution in [1.29, 1.82) is 0 Å². The number of ether oxygens (including phenoxy) is 5. The van der Waals surface area contributed by atoms with Crippen LogP contribution in [0.3, 0.4) is 0 Å². The number of methoxy groups -OCH3 is 3. The predicted molar refractivity (Wildman–Crippen MR) is 142 cm³/mol. The highest BCUT2D eigenvalue weighted by Gasteiger charge is 2.27. The molecule has 0 radical (unpaired) electrons. The number of unbranched alkanes of at least 4 members (excludes halogenated alkanes) is 2. The van der Waals surface area contributed by atoms with E-state index in [1.165, 1.54) is 0 Å². The molecular formula is C29H33NO7. The second-order valence-electron chi connectivity index (χ2n) is 8.78. The Hall–Kier alpha value is -3.94. The molecule has 8 heteroatoms. The third-order valence-electron chi connectivity index (χ3n) is 6.43. The van der Waals surface area contributed by atoms with Crippen molar-refractivity contribution in [2.24, 2.45) is 0 Å². The van der Waals surface area contributed by atoms with Crippen molar-refractivity contribution < 1.29 is 33.3 Å². The number of H-pyrrole nitrogens is 1. The summed E-state index contributed by atoms with van der Waals surface area (Å²) < 4.78 is 27.9. The molecule has 1 heterocycles. The average Bonchev–Trinajstić information content (AvgIpc) is 3.38. The zero-order chi connectivity index (χ0) is 26.5. The number of aromatic nitrogens is 1. The van der Waals surface area contributed by atoms with Crippen LogP contribution in [0.25, 0.3) is 32.9 Å². The maximum atomic E-state index is 13.1. The quantitative estimate of drug-likeness (QED) is 0.186. The summed E-state index contributed by atoms with van der Waals surface area (Å²) in [6.45, 7) is 4.69. The number of rotatable bonds is 11. The van der Waals surface area contributed by atoms with Gasteiger partial charge in [-0.25, -0.2) is 9.59 Å². The first kappa shape index (κ1) is 26.1. The summed E-state index contributed by atoms with van der Waals surface area (Å²) in [5.74, 6) is 0.549. The maximum Gasteiger partial charge on any atom is 0.338 e. The minimum Gasteiger partial charge on any atom is -0.493 e. The summed E-state index contributed by atoms with van der Waals surface area (Å²) >= 11 is 0. The van der Waals surface area contributed by atoms with Crippen molar-refractivity contribution in [2.75, 3.05) is 34.5 Å². The molecule has 0 saturated heterocycles. The minimum atomic E-state index is -0.475. The van der Waals surface area contributed by atoms with Gasteiger partial charge in [0.15, 0.2) is 11.5 Å². The molecule has 0 saturated carbocycles. The van der Waals surface area contributed by atoms with Crippen molar-refractivity contribution in [3.05, 3.63) is 41.5 Å². The molecule has 1 aromatic heterocycles. The zero-order valence-electron chi connectivity index (χ0n) is 22.0. The summed E-state index contributed by atoms with van der Waals surface area (Å²) in [5.41, 5.74) is 3.43. The lowest BCUT2D eigenvalue weighted by Crippen LogP contribution is -2.07. The van der Waals surface area contributed by atoms with Crippen LogP contribution in [0, 0.1) is 0 Å². The van der Waals surface area contributed by atoms with Gasteiger partial charge in [0.1, 0.15) is 0 Å². The zero-order valence-corrected chi connectivity index (χ0v) is 22.0. The Morgan fingerprint density at radius 2 is 1.35 bits per heavy atom. The van der Waals surface area contributed by atoms with Crippen molar-refractivity contribution in [3.63, 3.8) is 0 Å². The Balaban J connectivity index is 1.96. The van der Waals surface area contributed by atoms with E-state index in [-0.39, 0.29) is 0 Å². The third-order valence-corrected chi connectivity index (χ3v) is 6.43. The lowest BCUT2D eigenvalue weighted by molar-refractivity contribution is 0.0499. The van der Waals surface area contributed by atoms with Crippen molar-refractivity contribution in [3.8, 4) is 28.4 Å². The summed E-state index contributed by atoms with van der Waals surface area (Å²) in [4.78, 5) is 29.5. The summed E-state index contributed by atoms with van der Waals surface area (Å²) in [5, 5.41) is 1.56. The molecule has 1 N–H and O–H groups in total. The second-order valence-corrected chi connectivity index (χ2v) is 8.78. The van der Waals surface area contributed by atoms with Crippen LogP contribution in [0.1, 0.15) is 60.2 Å². The van der Waals surface area contributed by atoms with E-state index in [2.05, 4.69) is 4.98 Å². The molecule has 0 amide bonds. The van der Waals surface area contributed by atoms with Crippen LogP contribution in [0.15, 0.2) is 30.3 Å². The van der Waals surface area contributed by atoms with Crippen LogP contribution in [0.5, 0.6) is 17.2 Å². The maximum absolute atomic E-state index is 13.1. The molecule has 2 aliphatic rings. The topological polar surface area (TPSA) is 96.1 Å². The highest BCUT2D eigenvalue weighted by atomic mass is 16.5. The van der Waals surface area contributed by atoms with Crippen LogP contribution >= 0.6 is 0 Å². The highest BCUT2D eigenvalue weighted by Crippen LogP contribution is 2.47. The number of nitrogens with one attached hydrogen (secondary N) is 1. The van der Waals surface area contributed by atoms with Gasteiger partial charge in [-0.3, -0.25) is 0 Å². The van der Waals surface area contributed by atoms with Gasteiger partial charge in [-0.05, 0) is 42.2 Å². The van der Waals surface area contributed by atoms with Crippen molar-refractivity contribution in [1.82, 2.24) is 4.98 Å². The molecule has 0 bridgehead atoms. The van der Waals surface area contributed by atoms with E-state index in [0.29, 0.717) is 52.7 Å².